The maximum Gasteiger partial charge on any atom is 0.228 e. The number of hydrogen-bond donors (Lipinski definition) is 1. The van der Waals surface area contributed by atoms with Crippen LogP contribution in [0.5, 0.6) is 5.75 Å². The van der Waals surface area contributed by atoms with Gasteiger partial charge < -0.3 is 10.1 Å². The number of hydrogen-bond acceptors (Lipinski definition) is 4. The fourth-order valence-corrected chi connectivity index (χ4v) is 4.44. The average Bonchev–Trinajstić information content (AvgIpc) is 3.46. The smallest absolute Gasteiger partial charge is 0.228 e. The van der Waals surface area contributed by atoms with Crippen molar-refractivity contribution in [2.75, 3.05) is 19.0 Å². The number of nitrogens with one attached hydrogen (secondary N) is 1. The maximum absolute atomic E-state index is 12.1. The van der Waals surface area contributed by atoms with E-state index < -0.39 is 0 Å². The number of benzene rings is 1. The molecule has 1 aromatic heterocycles. The van der Waals surface area contributed by atoms with Gasteiger partial charge in [0.25, 0.3) is 0 Å². The summed E-state index contributed by atoms with van der Waals surface area (Å²) in [7, 11) is 1.69. The van der Waals surface area contributed by atoms with E-state index in [1.165, 1.54) is 5.56 Å². The van der Waals surface area contributed by atoms with Gasteiger partial charge >= 0.3 is 0 Å². The van der Waals surface area contributed by atoms with E-state index in [4.69, 9.17) is 9.72 Å². The highest BCUT2D eigenvalue weighted by atomic mass is 79.9. The van der Waals surface area contributed by atoms with Crippen LogP contribution in [0.15, 0.2) is 40.9 Å². The summed E-state index contributed by atoms with van der Waals surface area (Å²) in [6, 6.07) is 12.7. The van der Waals surface area contributed by atoms with Crippen molar-refractivity contribution in [2.45, 2.75) is 44.7 Å². The van der Waals surface area contributed by atoms with Crippen LogP contribution in [-0.2, 0) is 4.79 Å². The number of halogens is 1. The number of rotatable bonds is 6. The van der Waals surface area contributed by atoms with Crippen LogP contribution in [0, 0.1) is 5.92 Å². The topological polar surface area (TPSA) is 54.5 Å². The van der Waals surface area contributed by atoms with E-state index in [9.17, 15) is 4.79 Å². The Bertz CT molecular complexity index is 851. The molecular formula is C22H26BrN3O2. The lowest BCUT2D eigenvalue weighted by atomic mass is 10.0. The number of aromatic nitrogens is 1. The molecule has 0 spiro atoms. The van der Waals surface area contributed by atoms with E-state index in [2.05, 4.69) is 45.2 Å². The van der Waals surface area contributed by atoms with Crippen molar-refractivity contribution in [3.8, 4) is 5.75 Å². The minimum Gasteiger partial charge on any atom is -0.497 e. The molecule has 28 heavy (non-hydrogen) atoms. The Morgan fingerprint density at radius 2 is 1.96 bits per heavy atom. The minimum absolute atomic E-state index is 0.0932. The van der Waals surface area contributed by atoms with Crippen LogP contribution in [0.1, 0.15) is 55.9 Å². The Kier molecular flexibility index (Phi) is 5.69. The van der Waals surface area contributed by atoms with Gasteiger partial charge in [-0.15, -0.1) is 0 Å². The molecule has 5 nitrogen and oxygen atoms in total. The molecule has 2 atom stereocenters. The van der Waals surface area contributed by atoms with Crippen molar-refractivity contribution in [3.63, 3.8) is 0 Å². The Hall–Kier alpha value is -1.92. The summed E-state index contributed by atoms with van der Waals surface area (Å²) in [4.78, 5) is 19.4. The van der Waals surface area contributed by atoms with Crippen molar-refractivity contribution in [3.05, 3.63) is 52.1 Å². The first-order valence-corrected chi connectivity index (χ1v) is 10.7. The Labute approximate surface area is 174 Å². The summed E-state index contributed by atoms with van der Waals surface area (Å²) in [6.45, 7) is 3.28. The van der Waals surface area contributed by atoms with E-state index >= 15 is 0 Å². The van der Waals surface area contributed by atoms with E-state index in [0.717, 1.165) is 48.1 Å². The van der Waals surface area contributed by atoms with Crippen LogP contribution in [0.4, 0.5) is 5.82 Å². The molecule has 1 amide bonds. The molecule has 6 heteroatoms. The molecule has 1 saturated heterocycles. The summed E-state index contributed by atoms with van der Waals surface area (Å²) in [5, 5.41) is 2.98. The van der Waals surface area contributed by atoms with Gasteiger partial charge in [-0.25, -0.2) is 4.98 Å². The minimum atomic E-state index is 0.0932. The monoisotopic (exact) mass is 443 g/mol. The maximum atomic E-state index is 12.1. The van der Waals surface area contributed by atoms with Crippen molar-refractivity contribution >= 4 is 27.7 Å². The molecule has 0 radical (unpaired) electrons. The molecule has 2 aliphatic rings. The van der Waals surface area contributed by atoms with Gasteiger partial charge in [0.1, 0.15) is 11.6 Å². The van der Waals surface area contributed by atoms with E-state index in [1.807, 2.05) is 24.3 Å². The lowest BCUT2D eigenvalue weighted by molar-refractivity contribution is -0.117. The molecule has 1 aliphatic carbocycles. The lowest BCUT2D eigenvalue weighted by Crippen LogP contribution is -2.27. The van der Waals surface area contributed by atoms with Crippen molar-refractivity contribution in [1.82, 2.24) is 9.88 Å². The average molecular weight is 444 g/mol. The first kappa shape index (κ1) is 19.4. The number of carbonyl (C=O) groups excluding carboxylic acids is 1. The van der Waals surface area contributed by atoms with Gasteiger partial charge in [-0.3, -0.25) is 9.69 Å². The quantitative estimate of drug-likeness (QED) is 0.674. The Morgan fingerprint density at radius 3 is 2.64 bits per heavy atom. The van der Waals surface area contributed by atoms with Crippen LogP contribution in [0.2, 0.25) is 0 Å². The zero-order valence-corrected chi connectivity index (χ0v) is 17.9. The predicted molar refractivity (Wildman–Crippen MR) is 113 cm³/mol. The number of nitrogens with zero attached hydrogens (tertiary/aromatic N) is 2. The van der Waals surface area contributed by atoms with Crippen LogP contribution in [0.25, 0.3) is 0 Å². The lowest BCUT2D eigenvalue weighted by Gasteiger charge is -2.31. The van der Waals surface area contributed by atoms with Gasteiger partial charge in [0.2, 0.25) is 5.91 Å². The number of carbonyl (C=O) groups is 1. The third-order valence-electron chi connectivity index (χ3n) is 5.78. The molecular weight excluding hydrogens is 418 g/mol. The van der Waals surface area contributed by atoms with E-state index in [-0.39, 0.29) is 23.9 Å². The van der Waals surface area contributed by atoms with Gasteiger partial charge in [-0.2, -0.15) is 0 Å². The van der Waals surface area contributed by atoms with E-state index in [0.29, 0.717) is 5.82 Å². The fraction of sp³-hybridized carbons (Fsp3) is 0.455. The first-order chi connectivity index (χ1) is 13.6. The molecule has 1 saturated carbocycles. The first-order valence-electron chi connectivity index (χ1n) is 9.94. The molecule has 148 valence electrons. The fourth-order valence-electron chi connectivity index (χ4n) is 3.96. The summed E-state index contributed by atoms with van der Waals surface area (Å²) in [6.07, 6.45) is 4.18. The summed E-state index contributed by atoms with van der Waals surface area (Å²) < 4.78 is 6.28. The van der Waals surface area contributed by atoms with Crippen LogP contribution in [0.3, 0.4) is 0 Å². The number of anilines is 1. The summed E-state index contributed by atoms with van der Waals surface area (Å²) in [5.74, 6) is 1.79. The largest absolute Gasteiger partial charge is 0.497 e. The molecule has 2 aromatic rings. The molecule has 1 aromatic carbocycles. The predicted octanol–water partition coefficient (Wildman–Crippen LogP) is 5.10. The number of amides is 1. The molecule has 4 rings (SSSR count). The highest BCUT2D eigenvalue weighted by molar-refractivity contribution is 9.10. The molecule has 1 unspecified atom stereocenters. The van der Waals surface area contributed by atoms with Gasteiger partial charge in [0, 0.05) is 16.4 Å². The molecule has 0 bridgehead atoms. The van der Waals surface area contributed by atoms with Gasteiger partial charge in [-0.1, -0.05) is 12.1 Å². The SMILES string of the molecule is COc1ccc(C(C)N2CCC[C@H]2c2nc(NC(=O)C3CC3)ccc2Br)cc1. The Morgan fingerprint density at radius 1 is 1.21 bits per heavy atom. The number of likely N-dealkylation sites (tertiary alicyclic amines) is 1. The highest BCUT2D eigenvalue weighted by Crippen LogP contribution is 2.41. The second-order valence-electron chi connectivity index (χ2n) is 7.67. The van der Waals surface area contributed by atoms with Crippen LogP contribution in [-0.4, -0.2) is 29.4 Å². The number of methoxy groups -OCH3 is 1. The third-order valence-corrected chi connectivity index (χ3v) is 6.45. The normalized spacial score (nSPS) is 20.8. The Balaban J connectivity index is 1.55. The van der Waals surface area contributed by atoms with Gasteiger partial charge in [0.05, 0.1) is 18.8 Å². The molecule has 1 N–H and O–H groups in total. The second kappa shape index (κ2) is 8.21. The molecule has 2 heterocycles. The van der Waals surface area contributed by atoms with Gasteiger partial charge in [0.15, 0.2) is 0 Å². The third kappa shape index (κ3) is 4.08. The zero-order chi connectivity index (χ0) is 19.7. The molecule has 2 fully saturated rings. The van der Waals surface area contributed by atoms with Crippen molar-refractivity contribution in [2.24, 2.45) is 5.92 Å². The van der Waals surface area contributed by atoms with Crippen LogP contribution < -0.4 is 10.1 Å². The van der Waals surface area contributed by atoms with Gasteiger partial charge in [-0.05, 0) is 84.9 Å². The van der Waals surface area contributed by atoms with Crippen molar-refractivity contribution < 1.29 is 9.53 Å². The summed E-state index contributed by atoms with van der Waals surface area (Å²) >= 11 is 3.68. The molecule has 1 aliphatic heterocycles. The van der Waals surface area contributed by atoms with Crippen molar-refractivity contribution in [1.29, 1.82) is 0 Å². The number of ether oxygens (including phenoxy) is 1. The highest BCUT2D eigenvalue weighted by Gasteiger charge is 2.33. The van der Waals surface area contributed by atoms with Crippen LogP contribution >= 0.6 is 15.9 Å². The number of pyridine rings is 1. The second-order valence-corrected chi connectivity index (χ2v) is 8.53. The van der Waals surface area contributed by atoms with E-state index in [1.54, 1.807) is 7.11 Å². The zero-order valence-electron chi connectivity index (χ0n) is 16.3. The summed E-state index contributed by atoms with van der Waals surface area (Å²) in [5.41, 5.74) is 2.27. The standard InChI is InChI=1S/C22H26BrN3O2/c1-14(15-7-9-17(28-2)10-8-15)26-13-3-4-19(26)21-18(23)11-12-20(24-21)25-22(27)16-5-6-16/h7-12,14,16,19H,3-6,13H2,1-2H3,(H,24,25,27)/t14?,19-/m0/s1.